The lowest BCUT2D eigenvalue weighted by Crippen LogP contribution is -2.13. The van der Waals surface area contributed by atoms with Crippen LogP contribution in [0.4, 0.5) is 0 Å². The molecule has 1 N–H and O–H groups in total. The molecule has 1 nitrogen and oxygen atoms in total. The summed E-state index contributed by atoms with van der Waals surface area (Å²) in [4.78, 5) is 0. The molecule has 0 atom stereocenters. The monoisotopic (exact) mass is 406 g/mol. The number of rotatable bonds is 11. The van der Waals surface area contributed by atoms with Gasteiger partial charge < -0.3 is 5.11 Å². The van der Waals surface area contributed by atoms with Crippen LogP contribution in [0.2, 0.25) is 0 Å². The Bertz CT molecular complexity index is 737. The summed E-state index contributed by atoms with van der Waals surface area (Å²) in [6, 6.07) is 16.5. The van der Waals surface area contributed by atoms with Gasteiger partial charge in [-0.2, -0.15) is 0 Å². The highest BCUT2D eigenvalue weighted by molar-refractivity contribution is 5.68. The zero-order chi connectivity index (χ0) is 21.2. The largest absolute Gasteiger partial charge is 0.396 e. The van der Waals surface area contributed by atoms with Gasteiger partial charge in [0.2, 0.25) is 0 Å². The van der Waals surface area contributed by atoms with Crippen LogP contribution in [0, 0.1) is 5.92 Å². The van der Waals surface area contributed by atoms with Crippen LogP contribution >= 0.6 is 0 Å². The molecule has 0 saturated heterocycles. The topological polar surface area (TPSA) is 20.2 Å². The van der Waals surface area contributed by atoms with Gasteiger partial charge in [-0.1, -0.05) is 82.0 Å². The Kier molecular flexibility index (Phi) is 9.46. The normalized spacial score (nSPS) is 19.2. The zero-order valence-corrected chi connectivity index (χ0v) is 19.3. The van der Waals surface area contributed by atoms with E-state index in [0.29, 0.717) is 6.61 Å². The predicted octanol–water partition coefficient (Wildman–Crippen LogP) is 8.09. The minimum absolute atomic E-state index is 0.297. The molecule has 3 rings (SSSR count). The third kappa shape index (κ3) is 6.45. The van der Waals surface area contributed by atoms with E-state index < -0.39 is 0 Å². The van der Waals surface area contributed by atoms with Crippen molar-refractivity contribution in [3.05, 3.63) is 59.2 Å². The van der Waals surface area contributed by atoms with Crippen LogP contribution in [0.15, 0.2) is 42.5 Å². The third-order valence-corrected chi connectivity index (χ3v) is 7.18. The van der Waals surface area contributed by atoms with Crippen molar-refractivity contribution < 1.29 is 5.11 Å². The summed E-state index contributed by atoms with van der Waals surface area (Å²) in [5.41, 5.74) is 7.12. The van der Waals surface area contributed by atoms with Crippen molar-refractivity contribution in [3.63, 3.8) is 0 Å². The van der Waals surface area contributed by atoms with Gasteiger partial charge in [0.1, 0.15) is 0 Å². The maximum absolute atomic E-state index is 9.01. The van der Waals surface area contributed by atoms with E-state index in [1.54, 1.807) is 5.56 Å². The third-order valence-electron chi connectivity index (χ3n) is 7.18. The lowest BCUT2D eigenvalue weighted by molar-refractivity contribution is 0.284. The Balaban J connectivity index is 1.60. The number of hydrogen-bond donors (Lipinski definition) is 1. The van der Waals surface area contributed by atoms with Crippen molar-refractivity contribution in [2.45, 2.75) is 96.8 Å². The molecule has 1 aliphatic carbocycles. The Morgan fingerprint density at radius 2 is 1.60 bits per heavy atom. The van der Waals surface area contributed by atoms with E-state index in [-0.39, 0.29) is 0 Å². The molecule has 0 heterocycles. The molecule has 0 aliphatic heterocycles. The van der Waals surface area contributed by atoms with Crippen molar-refractivity contribution >= 4 is 0 Å². The summed E-state index contributed by atoms with van der Waals surface area (Å²) in [5.74, 6) is 1.75. The first-order chi connectivity index (χ1) is 14.7. The van der Waals surface area contributed by atoms with Crippen molar-refractivity contribution in [3.8, 4) is 11.1 Å². The molecule has 30 heavy (non-hydrogen) atoms. The van der Waals surface area contributed by atoms with Gasteiger partial charge in [-0.3, -0.25) is 0 Å². The van der Waals surface area contributed by atoms with Gasteiger partial charge >= 0.3 is 0 Å². The number of aryl methyl sites for hydroxylation is 2. The van der Waals surface area contributed by atoms with E-state index in [4.69, 9.17) is 5.11 Å². The molecule has 1 aliphatic rings. The number of hydrogen-bond acceptors (Lipinski definition) is 1. The molecule has 2 aromatic rings. The van der Waals surface area contributed by atoms with Gasteiger partial charge in [0.25, 0.3) is 0 Å². The lowest BCUT2D eigenvalue weighted by Gasteiger charge is -2.29. The summed E-state index contributed by atoms with van der Waals surface area (Å²) >= 11 is 0. The first kappa shape index (κ1) is 23.1. The van der Waals surface area contributed by atoms with Crippen LogP contribution in [-0.2, 0) is 12.8 Å². The minimum Gasteiger partial charge on any atom is -0.396 e. The number of aliphatic hydroxyl groups is 1. The maximum Gasteiger partial charge on any atom is 0.0431 e. The Morgan fingerprint density at radius 1 is 0.833 bits per heavy atom. The molecule has 164 valence electrons. The molecule has 0 aromatic heterocycles. The van der Waals surface area contributed by atoms with E-state index in [1.165, 1.54) is 73.6 Å². The summed E-state index contributed by atoms with van der Waals surface area (Å²) in [7, 11) is 0. The molecular weight excluding hydrogens is 364 g/mol. The zero-order valence-electron chi connectivity index (χ0n) is 19.3. The molecule has 0 unspecified atom stereocenters. The number of benzene rings is 2. The first-order valence-corrected chi connectivity index (χ1v) is 12.6. The Labute approximate surface area is 184 Å². The molecule has 1 fully saturated rings. The van der Waals surface area contributed by atoms with Gasteiger partial charge in [0, 0.05) is 6.61 Å². The van der Waals surface area contributed by atoms with Crippen molar-refractivity contribution in [1.82, 2.24) is 0 Å². The molecule has 1 heteroatoms. The Hall–Kier alpha value is -1.60. The van der Waals surface area contributed by atoms with E-state index in [0.717, 1.165) is 37.5 Å². The minimum atomic E-state index is 0.297. The van der Waals surface area contributed by atoms with Crippen LogP contribution in [0.25, 0.3) is 11.1 Å². The smallest absolute Gasteiger partial charge is 0.0431 e. The maximum atomic E-state index is 9.01. The van der Waals surface area contributed by atoms with E-state index in [1.807, 2.05) is 0 Å². The highest BCUT2D eigenvalue weighted by atomic mass is 16.2. The van der Waals surface area contributed by atoms with Gasteiger partial charge in [-0.05, 0) is 91.0 Å². The van der Waals surface area contributed by atoms with Gasteiger partial charge in [0.15, 0.2) is 0 Å². The summed E-state index contributed by atoms with van der Waals surface area (Å²) in [6.45, 7) is 4.85. The summed E-state index contributed by atoms with van der Waals surface area (Å²) < 4.78 is 0. The predicted molar refractivity (Wildman–Crippen MR) is 130 cm³/mol. The van der Waals surface area contributed by atoms with Gasteiger partial charge in [0.05, 0.1) is 0 Å². The summed E-state index contributed by atoms with van der Waals surface area (Å²) in [6.07, 6.45) is 15.3. The van der Waals surface area contributed by atoms with Crippen LogP contribution in [0.1, 0.15) is 101 Å². The van der Waals surface area contributed by atoms with E-state index in [9.17, 15) is 0 Å². The standard InChI is InChI=1S/C29H42O/c1-3-5-6-9-23-11-14-26(15-12-23)27-16-18-28(19-17-27)29-20-13-24(10-7-8-21-30)22-25(29)4-2/h13,16-20,22-23,26,30H,3-12,14-15,21H2,1-2H3. The van der Waals surface area contributed by atoms with Gasteiger partial charge in [-0.25, -0.2) is 0 Å². The quantitative estimate of drug-likeness (QED) is 0.374. The average molecular weight is 407 g/mol. The van der Waals surface area contributed by atoms with Crippen molar-refractivity contribution in [2.75, 3.05) is 6.61 Å². The van der Waals surface area contributed by atoms with Crippen LogP contribution < -0.4 is 0 Å². The van der Waals surface area contributed by atoms with Gasteiger partial charge in [-0.15, -0.1) is 0 Å². The molecular formula is C29H42O. The van der Waals surface area contributed by atoms with Crippen LogP contribution in [-0.4, -0.2) is 11.7 Å². The Morgan fingerprint density at radius 3 is 2.27 bits per heavy atom. The average Bonchev–Trinajstić information content (AvgIpc) is 2.80. The second kappa shape index (κ2) is 12.3. The van der Waals surface area contributed by atoms with Crippen LogP contribution in [0.5, 0.6) is 0 Å². The molecule has 0 amide bonds. The number of aliphatic hydroxyl groups excluding tert-OH is 1. The fourth-order valence-electron chi connectivity index (χ4n) is 5.22. The molecule has 0 radical (unpaired) electrons. The lowest BCUT2D eigenvalue weighted by atomic mass is 9.77. The van der Waals surface area contributed by atoms with Crippen LogP contribution in [0.3, 0.4) is 0 Å². The second-order valence-electron chi connectivity index (χ2n) is 9.36. The fourth-order valence-corrected chi connectivity index (χ4v) is 5.22. The summed E-state index contributed by atoms with van der Waals surface area (Å²) in [5, 5.41) is 9.01. The van der Waals surface area contributed by atoms with E-state index >= 15 is 0 Å². The highest BCUT2D eigenvalue weighted by Gasteiger charge is 2.22. The highest BCUT2D eigenvalue weighted by Crippen LogP contribution is 2.38. The van der Waals surface area contributed by atoms with Crippen molar-refractivity contribution in [2.24, 2.45) is 5.92 Å². The fraction of sp³-hybridized carbons (Fsp3) is 0.586. The van der Waals surface area contributed by atoms with E-state index in [2.05, 4.69) is 56.3 Å². The second-order valence-corrected chi connectivity index (χ2v) is 9.36. The number of unbranched alkanes of at least 4 members (excludes halogenated alkanes) is 3. The first-order valence-electron chi connectivity index (χ1n) is 12.6. The van der Waals surface area contributed by atoms with Crippen molar-refractivity contribution in [1.29, 1.82) is 0 Å². The molecule has 2 aromatic carbocycles. The molecule has 0 spiro atoms. The SMILES string of the molecule is CCCCCC1CCC(c2ccc(-c3ccc(CCCCO)cc3CC)cc2)CC1. The molecule has 1 saturated carbocycles. The molecule has 0 bridgehead atoms.